The van der Waals surface area contributed by atoms with E-state index >= 15 is 0 Å². The first-order valence-electron chi connectivity index (χ1n) is 3.72. The quantitative estimate of drug-likeness (QED) is 0.616. The zero-order valence-electron chi connectivity index (χ0n) is 7.31. The Labute approximate surface area is 97.7 Å². The van der Waals surface area contributed by atoms with E-state index in [0.29, 0.717) is 15.4 Å². The topological polar surface area (TPSA) is 26.3 Å². The summed E-state index contributed by atoms with van der Waals surface area (Å²) in [7, 11) is 1.26. The van der Waals surface area contributed by atoms with Gasteiger partial charge < -0.3 is 4.74 Å². The monoisotopic (exact) mass is 324 g/mol. The number of esters is 1. The third-order valence-corrected chi connectivity index (χ3v) is 2.97. The second kappa shape index (κ2) is 4.89. The summed E-state index contributed by atoms with van der Waals surface area (Å²) in [5.41, 5.74) is 0.912. The van der Waals surface area contributed by atoms with Gasteiger partial charge in [-0.05, 0) is 17.7 Å². The molecule has 0 amide bonds. The van der Waals surface area contributed by atoms with Crippen LogP contribution in [0.4, 0.5) is 4.39 Å². The number of hydrogen-bond acceptors (Lipinski definition) is 2. The number of carbonyl (C=O) groups is 1. The van der Waals surface area contributed by atoms with Crippen molar-refractivity contribution in [2.75, 3.05) is 7.11 Å². The minimum Gasteiger partial charge on any atom is -0.465 e. The van der Waals surface area contributed by atoms with Gasteiger partial charge in [0.2, 0.25) is 0 Å². The Morgan fingerprint density at radius 3 is 2.71 bits per heavy atom. The highest BCUT2D eigenvalue weighted by atomic mass is 79.9. The molecule has 1 rings (SSSR count). The molecular weight excluding hydrogens is 319 g/mol. The van der Waals surface area contributed by atoms with Crippen molar-refractivity contribution in [3.63, 3.8) is 0 Å². The van der Waals surface area contributed by atoms with Crippen molar-refractivity contribution in [2.45, 2.75) is 5.33 Å². The van der Waals surface area contributed by atoms with Gasteiger partial charge in [-0.25, -0.2) is 9.18 Å². The van der Waals surface area contributed by atoms with Crippen LogP contribution in [-0.4, -0.2) is 13.1 Å². The highest BCUT2D eigenvalue weighted by Gasteiger charge is 2.15. The molecule has 5 heteroatoms. The van der Waals surface area contributed by atoms with Crippen molar-refractivity contribution in [3.8, 4) is 0 Å². The van der Waals surface area contributed by atoms with Crippen molar-refractivity contribution in [1.29, 1.82) is 0 Å². The van der Waals surface area contributed by atoms with Crippen LogP contribution < -0.4 is 0 Å². The van der Waals surface area contributed by atoms with E-state index in [-0.39, 0.29) is 5.56 Å². The van der Waals surface area contributed by atoms with Gasteiger partial charge in [0.1, 0.15) is 5.82 Å². The summed E-state index contributed by atoms with van der Waals surface area (Å²) in [6.07, 6.45) is 0. The summed E-state index contributed by atoms with van der Waals surface area (Å²) in [5, 5.41) is 0.457. The first-order chi connectivity index (χ1) is 6.60. The van der Waals surface area contributed by atoms with Crippen molar-refractivity contribution >= 4 is 37.8 Å². The van der Waals surface area contributed by atoms with E-state index < -0.39 is 11.8 Å². The van der Waals surface area contributed by atoms with Crippen LogP contribution in [0.1, 0.15) is 15.9 Å². The van der Waals surface area contributed by atoms with E-state index in [1.807, 2.05) is 0 Å². The van der Waals surface area contributed by atoms with E-state index in [9.17, 15) is 9.18 Å². The minimum absolute atomic E-state index is 0.233. The largest absolute Gasteiger partial charge is 0.465 e. The first-order valence-corrected chi connectivity index (χ1v) is 5.63. The van der Waals surface area contributed by atoms with Crippen LogP contribution in [0.25, 0.3) is 0 Å². The number of methoxy groups -OCH3 is 1. The zero-order valence-corrected chi connectivity index (χ0v) is 10.5. The van der Waals surface area contributed by atoms with Crippen molar-refractivity contribution in [1.82, 2.24) is 0 Å². The molecule has 0 atom stereocenters. The van der Waals surface area contributed by atoms with Crippen LogP contribution in [0.3, 0.4) is 0 Å². The number of ether oxygens (including phenoxy) is 1. The molecular formula is C9H7Br2FO2. The lowest BCUT2D eigenvalue weighted by atomic mass is 10.1. The maximum atomic E-state index is 13.0. The van der Waals surface area contributed by atoms with Gasteiger partial charge in [-0.1, -0.05) is 31.9 Å². The third kappa shape index (κ3) is 2.33. The van der Waals surface area contributed by atoms with Gasteiger partial charge in [0, 0.05) is 9.80 Å². The molecule has 0 N–H and O–H groups in total. The van der Waals surface area contributed by atoms with Gasteiger partial charge in [0.25, 0.3) is 0 Å². The lowest BCUT2D eigenvalue weighted by Crippen LogP contribution is -2.06. The number of benzene rings is 1. The Morgan fingerprint density at radius 1 is 1.57 bits per heavy atom. The van der Waals surface area contributed by atoms with Gasteiger partial charge in [-0.2, -0.15) is 0 Å². The molecule has 14 heavy (non-hydrogen) atoms. The molecule has 0 unspecified atom stereocenters. The molecule has 0 fully saturated rings. The van der Waals surface area contributed by atoms with E-state index in [0.717, 1.165) is 6.07 Å². The van der Waals surface area contributed by atoms with E-state index in [4.69, 9.17) is 0 Å². The van der Waals surface area contributed by atoms with E-state index in [2.05, 4.69) is 36.6 Å². The number of halogens is 3. The van der Waals surface area contributed by atoms with Crippen LogP contribution >= 0.6 is 31.9 Å². The molecule has 0 radical (unpaired) electrons. The van der Waals surface area contributed by atoms with Crippen molar-refractivity contribution in [2.24, 2.45) is 0 Å². The molecule has 0 bridgehead atoms. The van der Waals surface area contributed by atoms with Gasteiger partial charge in [-0.15, -0.1) is 0 Å². The van der Waals surface area contributed by atoms with Crippen LogP contribution in [0.5, 0.6) is 0 Å². The van der Waals surface area contributed by atoms with Crippen LogP contribution in [0.15, 0.2) is 16.6 Å². The van der Waals surface area contributed by atoms with Gasteiger partial charge in [-0.3, -0.25) is 0 Å². The molecule has 0 saturated carbocycles. The first kappa shape index (κ1) is 11.7. The highest BCUT2D eigenvalue weighted by molar-refractivity contribution is 9.10. The lowest BCUT2D eigenvalue weighted by molar-refractivity contribution is 0.0599. The van der Waals surface area contributed by atoms with Crippen molar-refractivity contribution < 1.29 is 13.9 Å². The molecule has 0 aromatic heterocycles. The maximum Gasteiger partial charge on any atom is 0.338 e. The van der Waals surface area contributed by atoms with Crippen molar-refractivity contribution in [3.05, 3.63) is 33.5 Å². The van der Waals surface area contributed by atoms with E-state index in [1.54, 1.807) is 0 Å². The van der Waals surface area contributed by atoms with Crippen LogP contribution in [0.2, 0.25) is 0 Å². The predicted octanol–water partition coefficient (Wildman–Crippen LogP) is 3.27. The standard InChI is InChI=1S/C9H7Br2FO2/c1-14-9(13)6-2-5(12)3-8(11)7(6)4-10/h2-3H,4H2,1H3. The Morgan fingerprint density at radius 2 is 2.21 bits per heavy atom. The number of hydrogen-bond donors (Lipinski definition) is 0. The fourth-order valence-corrected chi connectivity index (χ4v) is 2.58. The SMILES string of the molecule is COC(=O)c1cc(F)cc(Br)c1CBr. The number of alkyl halides is 1. The molecule has 0 aliphatic heterocycles. The fraction of sp³-hybridized carbons (Fsp3) is 0.222. The molecule has 0 aliphatic rings. The van der Waals surface area contributed by atoms with Gasteiger partial charge >= 0.3 is 5.97 Å². The molecule has 1 aromatic rings. The molecule has 76 valence electrons. The second-order valence-electron chi connectivity index (χ2n) is 2.54. The number of carbonyl (C=O) groups excluding carboxylic acids is 1. The minimum atomic E-state index is -0.542. The maximum absolute atomic E-state index is 13.0. The smallest absolute Gasteiger partial charge is 0.338 e. The molecule has 0 heterocycles. The molecule has 0 saturated heterocycles. The fourth-order valence-electron chi connectivity index (χ4n) is 1.03. The summed E-state index contributed by atoms with van der Waals surface area (Å²) in [4.78, 5) is 11.3. The second-order valence-corrected chi connectivity index (χ2v) is 3.95. The van der Waals surface area contributed by atoms with Gasteiger partial charge in [0.15, 0.2) is 0 Å². The molecule has 2 nitrogen and oxygen atoms in total. The summed E-state index contributed by atoms with van der Waals surface area (Å²) < 4.78 is 18.1. The average molecular weight is 326 g/mol. The average Bonchev–Trinajstić information content (AvgIpc) is 2.15. The molecule has 1 aromatic carbocycles. The third-order valence-electron chi connectivity index (χ3n) is 1.70. The lowest BCUT2D eigenvalue weighted by Gasteiger charge is -2.07. The summed E-state index contributed by atoms with van der Waals surface area (Å²) in [6.45, 7) is 0. The Hall–Kier alpha value is -0.420. The molecule has 0 spiro atoms. The summed E-state index contributed by atoms with van der Waals surface area (Å²) in [6, 6.07) is 2.47. The number of rotatable bonds is 2. The van der Waals surface area contributed by atoms with Gasteiger partial charge in [0.05, 0.1) is 12.7 Å². The predicted molar refractivity (Wildman–Crippen MR) is 58.1 cm³/mol. The summed E-state index contributed by atoms with van der Waals surface area (Å²) >= 11 is 6.40. The Balaban J connectivity index is 3.32. The normalized spacial score (nSPS) is 10.0. The Kier molecular flexibility index (Phi) is 4.07. The summed E-state index contributed by atoms with van der Waals surface area (Å²) in [5.74, 6) is -1.01. The van der Waals surface area contributed by atoms with Crippen LogP contribution in [0, 0.1) is 5.82 Å². The van der Waals surface area contributed by atoms with Crippen LogP contribution in [-0.2, 0) is 10.1 Å². The molecule has 0 aliphatic carbocycles. The zero-order chi connectivity index (χ0) is 10.7. The highest BCUT2D eigenvalue weighted by Crippen LogP contribution is 2.25. The Bertz CT molecular complexity index is 366. The van der Waals surface area contributed by atoms with E-state index in [1.165, 1.54) is 13.2 Å².